The van der Waals surface area contributed by atoms with E-state index in [1.54, 1.807) is 0 Å². The Morgan fingerprint density at radius 3 is 2.68 bits per heavy atom. The second-order valence-electron chi connectivity index (χ2n) is 7.46. The molecule has 2 fully saturated rings. The highest BCUT2D eigenvalue weighted by Crippen LogP contribution is 2.39. The zero-order valence-electron chi connectivity index (χ0n) is 14.7. The average molecular weight is 338 g/mol. The molecule has 132 valence electrons. The van der Waals surface area contributed by atoms with Gasteiger partial charge in [0, 0.05) is 32.3 Å². The van der Waals surface area contributed by atoms with E-state index >= 15 is 0 Å². The maximum Gasteiger partial charge on any atom is 0.225 e. The molecule has 0 spiro atoms. The number of benzene rings is 1. The number of aryl methyl sites for hydroxylation is 1. The number of hydrogen-bond donors (Lipinski definition) is 2. The van der Waals surface area contributed by atoms with Crippen LogP contribution in [0.3, 0.4) is 0 Å². The van der Waals surface area contributed by atoms with Crippen LogP contribution in [0.2, 0.25) is 0 Å². The summed E-state index contributed by atoms with van der Waals surface area (Å²) in [5.74, 6) is 0.331. The second kappa shape index (κ2) is 6.64. The largest absolute Gasteiger partial charge is 0.346 e. The van der Waals surface area contributed by atoms with E-state index in [4.69, 9.17) is 0 Å². The summed E-state index contributed by atoms with van der Waals surface area (Å²) in [6.45, 7) is 1.57. The van der Waals surface area contributed by atoms with Gasteiger partial charge in [0.1, 0.15) is 0 Å². The standard InChI is InChI=1S/C20H26N4O/c1-24-14-15(11-22-24)17-12-21-13-18(17)19(25)23-20(9-5-6-10-20)16-7-3-2-4-8-16/h2-4,7-8,11,14,17-18,21H,5-6,9-10,12-13H2,1H3,(H,23,25)/t17-,18+/m1/s1. The summed E-state index contributed by atoms with van der Waals surface area (Å²) < 4.78 is 1.81. The first-order valence-electron chi connectivity index (χ1n) is 9.25. The van der Waals surface area contributed by atoms with Gasteiger partial charge >= 0.3 is 0 Å². The van der Waals surface area contributed by atoms with Crippen LogP contribution in [0.25, 0.3) is 0 Å². The molecule has 0 bridgehead atoms. The molecular weight excluding hydrogens is 312 g/mol. The minimum absolute atomic E-state index is 0.0367. The van der Waals surface area contributed by atoms with Crippen molar-refractivity contribution in [2.45, 2.75) is 37.1 Å². The van der Waals surface area contributed by atoms with E-state index in [0.717, 1.165) is 31.5 Å². The summed E-state index contributed by atoms with van der Waals surface area (Å²) in [5.41, 5.74) is 2.19. The quantitative estimate of drug-likeness (QED) is 0.899. The molecule has 0 unspecified atom stereocenters. The number of aromatic nitrogens is 2. The van der Waals surface area contributed by atoms with Gasteiger partial charge in [-0.2, -0.15) is 5.10 Å². The normalized spacial score (nSPS) is 25.2. The molecule has 2 aromatic rings. The Morgan fingerprint density at radius 2 is 2.00 bits per heavy atom. The molecule has 1 amide bonds. The lowest BCUT2D eigenvalue weighted by Gasteiger charge is -2.33. The first-order valence-corrected chi connectivity index (χ1v) is 9.25. The first kappa shape index (κ1) is 16.3. The molecule has 2 aliphatic rings. The predicted octanol–water partition coefficient (Wildman–Crippen LogP) is 2.31. The van der Waals surface area contributed by atoms with Crippen LogP contribution in [-0.4, -0.2) is 28.8 Å². The van der Waals surface area contributed by atoms with Gasteiger partial charge in [0.25, 0.3) is 0 Å². The van der Waals surface area contributed by atoms with Crippen LogP contribution in [0.1, 0.15) is 42.7 Å². The third kappa shape index (κ3) is 3.09. The zero-order valence-corrected chi connectivity index (χ0v) is 14.7. The highest BCUT2D eigenvalue weighted by Gasteiger charge is 2.41. The number of carbonyl (C=O) groups excluding carboxylic acids is 1. The third-order valence-electron chi connectivity index (χ3n) is 5.85. The molecule has 5 heteroatoms. The van der Waals surface area contributed by atoms with Crippen molar-refractivity contribution in [2.75, 3.05) is 13.1 Å². The summed E-state index contributed by atoms with van der Waals surface area (Å²) in [6.07, 6.45) is 8.32. The van der Waals surface area contributed by atoms with Crippen molar-refractivity contribution in [1.82, 2.24) is 20.4 Å². The molecular formula is C20H26N4O. The Bertz CT molecular complexity index is 733. The Balaban J connectivity index is 1.55. The van der Waals surface area contributed by atoms with Gasteiger partial charge in [-0.15, -0.1) is 0 Å². The van der Waals surface area contributed by atoms with Crippen LogP contribution in [0.5, 0.6) is 0 Å². The number of nitrogens with zero attached hydrogens (tertiary/aromatic N) is 2. The smallest absolute Gasteiger partial charge is 0.225 e. The molecule has 0 radical (unpaired) electrons. The van der Waals surface area contributed by atoms with Gasteiger partial charge in [-0.05, 0) is 24.0 Å². The lowest BCUT2D eigenvalue weighted by Crippen LogP contribution is -2.47. The lowest BCUT2D eigenvalue weighted by atomic mass is 9.85. The van der Waals surface area contributed by atoms with Crippen molar-refractivity contribution in [3.8, 4) is 0 Å². The predicted molar refractivity (Wildman–Crippen MR) is 97.0 cm³/mol. The molecule has 2 heterocycles. The molecule has 1 aromatic heterocycles. The average Bonchev–Trinajstić information content (AvgIpc) is 3.35. The highest BCUT2D eigenvalue weighted by molar-refractivity contribution is 5.81. The highest BCUT2D eigenvalue weighted by atomic mass is 16.2. The molecule has 25 heavy (non-hydrogen) atoms. The first-order chi connectivity index (χ1) is 12.2. The van der Waals surface area contributed by atoms with Crippen LogP contribution < -0.4 is 10.6 Å². The maximum absolute atomic E-state index is 13.2. The van der Waals surface area contributed by atoms with Crippen molar-refractivity contribution in [3.63, 3.8) is 0 Å². The van der Waals surface area contributed by atoms with Gasteiger partial charge in [0.15, 0.2) is 0 Å². The van der Waals surface area contributed by atoms with E-state index in [0.29, 0.717) is 0 Å². The topological polar surface area (TPSA) is 59.0 Å². The number of amides is 1. The fourth-order valence-corrected chi connectivity index (χ4v) is 4.49. The molecule has 4 rings (SSSR count). The molecule has 1 aliphatic heterocycles. The minimum atomic E-state index is -0.194. The SMILES string of the molecule is Cn1cc([C@H]2CNC[C@@H]2C(=O)NC2(c3ccccc3)CCCC2)cn1. The monoisotopic (exact) mass is 338 g/mol. The van der Waals surface area contributed by atoms with Crippen molar-refractivity contribution in [1.29, 1.82) is 0 Å². The number of hydrogen-bond acceptors (Lipinski definition) is 3. The second-order valence-corrected chi connectivity index (χ2v) is 7.46. The van der Waals surface area contributed by atoms with Gasteiger partial charge in [-0.25, -0.2) is 0 Å². The summed E-state index contributed by atoms with van der Waals surface area (Å²) in [4.78, 5) is 13.2. The number of nitrogens with one attached hydrogen (secondary N) is 2. The van der Waals surface area contributed by atoms with Gasteiger partial charge in [-0.1, -0.05) is 43.2 Å². The minimum Gasteiger partial charge on any atom is -0.346 e. The van der Waals surface area contributed by atoms with Crippen molar-refractivity contribution in [2.24, 2.45) is 13.0 Å². The molecule has 2 atom stereocenters. The lowest BCUT2D eigenvalue weighted by molar-refractivity contribution is -0.127. The Hall–Kier alpha value is -2.14. The summed E-state index contributed by atoms with van der Waals surface area (Å²) in [6, 6.07) is 10.5. The van der Waals surface area contributed by atoms with E-state index < -0.39 is 0 Å². The molecule has 2 N–H and O–H groups in total. The van der Waals surface area contributed by atoms with Crippen LogP contribution in [-0.2, 0) is 17.4 Å². The zero-order chi connectivity index (χ0) is 17.3. The van der Waals surface area contributed by atoms with E-state index in [1.165, 1.54) is 18.4 Å². The van der Waals surface area contributed by atoms with Crippen molar-refractivity contribution in [3.05, 3.63) is 53.9 Å². The van der Waals surface area contributed by atoms with E-state index in [2.05, 4.69) is 40.0 Å². The van der Waals surface area contributed by atoms with Crippen molar-refractivity contribution < 1.29 is 4.79 Å². The van der Waals surface area contributed by atoms with Crippen LogP contribution in [0.4, 0.5) is 0 Å². The van der Waals surface area contributed by atoms with E-state index in [9.17, 15) is 4.79 Å². The van der Waals surface area contributed by atoms with Crippen molar-refractivity contribution >= 4 is 5.91 Å². The molecule has 1 saturated heterocycles. The van der Waals surface area contributed by atoms with E-state index in [1.807, 2.05) is 30.2 Å². The fraction of sp³-hybridized carbons (Fsp3) is 0.500. The Morgan fingerprint density at radius 1 is 1.24 bits per heavy atom. The molecule has 5 nitrogen and oxygen atoms in total. The molecule has 1 aliphatic carbocycles. The van der Waals surface area contributed by atoms with Crippen LogP contribution >= 0.6 is 0 Å². The summed E-state index contributed by atoms with van der Waals surface area (Å²) in [7, 11) is 1.92. The summed E-state index contributed by atoms with van der Waals surface area (Å²) in [5, 5.41) is 11.1. The number of rotatable bonds is 4. The van der Waals surface area contributed by atoms with Gasteiger partial charge in [0.05, 0.1) is 17.7 Å². The molecule has 1 aromatic carbocycles. The maximum atomic E-state index is 13.2. The van der Waals surface area contributed by atoms with E-state index in [-0.39, 0.29) is 23.3 Å². The van der Waals surface area contributed by atoms with Gasteiger partial charge in [0.2, 0.25) is 5.91 Å². The summed E-state index contributed by atoms with van der Waals surface area (Å²) >= 11 is 0. The molecule has 1 saturated carbocycles. The van der Waals surface area contributed by atoms with Gasteiger partial charge in [-0.3, -0.25) is 9.48 Å². The van der Waals surface area contributed by atoms with Crippen LogP contribution in [0.15, 0.2) is 42.7 Å². The fourth-order valence-electron chi connectivity index (χ4n) is 4.49. The Labute approximate surface area is 148 Å². The third-order valence-corrected chi connectivity index (χ3v) is 5.85. The van der Waals surface area contributed by atoms with Crippen LogP contribution in [0, 0.1) is 5.92 Å². The van der Waals surface area contributed by atoms with Gasteiger partial charge < -0.3 is 10.6 Å². The Kier molecular flexibility index (Phi) is 4.34. The number of carbonyl (C=O) groups is 1.